The Bertz CT molecular complexity index is 4090. The predicted octanol–water partition coefficient (Wildman–Crippen LogP) is 21.9. The molecule has 0 bridgehead atoms. The summed E-state index contributed by atoms with van der Waals surface area (Å²) in [6.45, 7) is 1.85. The number of hydrogen-bond donors (Lipinski definition) is 2. The molecule has 602 valence electrons. The van der Waals surface area contributed by atoms with Crippen LogP contribution in [0.3, 0.4) is 0 Å². The smallest absolute Gasteiger partial charge is 0.00773 e. The van der Waals surface area contributed by atoms with Crippen molar-refractivity contribution >= 4 is 0 Å². The van der Waals surface area contributed by atoms with E-state index >= 15 is 0 Å². The molecule has 0 heterocycles. The van der Waals surface area contributed by atoms with Gasteiger partial charge in [0.2, 0.25) is 0 Å². The van der Waals surface area contributed by atoms with Crippen LogP contribution in [0.5, 0.6) is 0 Å². The van der Waals surface area contributed by atoms with E-state index in [0.717, 1.165) is 102 Å². The average molecular weight is 1500 g/mol. The van der Waals surface area contributed by atoms with Crippen molar-refractivity contribution in [2.24, 2.45) is 431 Å². The molecule has 2 nitrogen and oxygen atoms in total. The van der Waals surface area contributed by atoms with Crippen LogP contribution in [-0.2, 0) is 0 Å². The normalized spacial score (nSPS) is 76.3. The Labute approximate surface area is 677 Å². The highest BCUT2D eigenvalue weighted by atomic mass is 15.0. The summed E-state index contributed by atoms with van der Waals surface area (Å²) >= 11 is 0. The van der Waals surface area contributed by atoms with E-state index in [9.17, 15) is 0 Å². The molecule has 36 fully saturated rings. The summed E-state index contributed by atoms with van der Waals surface area (Å²) in [5.74, 6) is 83.4. The van der Waals surface area contributed by atoms with E-state index in [1.54, 1.807) is 135 Å². The zero-order valence-corrected chi connectivity index (χ0v) is 69.6. The second kappa shape index (κ2) is 20.6. The lowest BCUT2D eigenvalue weighted by Gasteiger charge is -2.91. The monoisotopic (exact) mass is 1500 g/mol. The van der Waals surface area contributed by atoms with Crippen molar-refractivity contribution in [1.82, 2.24) is 0 Å². The zero-order valence-electron chi connectivity index (χ0n) is 69.6. The lowest BCUT2D eigenvalue weighted by atomic mass is 9.14. The van der Waals surface area contributed by atoms with E-state index in [-0.39, 0.29) is 0 Å². The third kappa shape index (κ3) is 6.53. The van der Waals surface area contributed by atoms with E-state index in [0.29, 0.717) is 5.41 Å². The van der Waals surface area contributed by atoms with Crippen molar-refractivity contribution in [3.05, 3.63) is 0 Å². The van der Waals surface area contributed by atoms with Crippen LogP contribution < -0.4 is 11.5 Å². The molecular weight excluding hydrogens is 1350 g/mol. The zero-order chi connectivity index (χ0) is 70.5. The molecule has 0 aliphatic heterocycles. The van der Waals surface area contributed by atoms with Crippen molar-refractivity contribution in [3.63, 3.8) is 0 Å². The Kier molecular flexibility index (Phi) is 11.7. The molecule has 0 radical (unpaired) electrons. The van der Waals surface area contributed by atoms with E-state index in [2.05, 4.69) is 0 Å². The lowest BCUT2D eigenvalue weighted by Crippen LogP contribution is -2.87. The summed E-state index contributed by atoms with van der Waals surface area (Å²) < 4.78 is 0. The Balaban J connectivity index is 0.569. The van der Waals surface area contributed by atoms with E-state index in [1.807, 2.05) is 57.8 Å². The van der Waals surface area contributed by atoms with Gasteiger partial charge in [-0.2, -0.15) is 0 Å². The van der Waals surface area contributed by atoms with E-state index < -0.39 is 0 Å². The van der Waals surface area contributed by atoms with Gasteiger partial charge >= 0.3 is 0 Å². The minimum absolute atomic E-state index is 0.686. The maximum Gasteiger partial charge on any atom is -0.00773 e. The first kappa shape index (κ1) is 63.8. The van der Waals surface area contributed by atoms with Crippen molar-refractivity contribution in [3.8, 4) is 0 Å². The Morgan fingerprint density at radius 2 is 0.411 bits per heavy atom. The summed E-state index contributed by atoms with van der Waals surface area (Å²) in [7, 11) is 0. The fourth-order valence-electron chi connectivity index (χ4n) is 61.1. The molecule has 71 atom stereocenters. The first-order valence-electron chi connectivity index (χ1n) is 54.9. The van der Waals surface area contributed by atoms with Gasteiger partial charge in [-0.3, -0.25) is 0 Å². The van der Waals surface area contributed by atoms with Crippen molar-refractivity contribution < 1.29 is 0 Å². The minimum Gasteiger partial charge on any atom is -0.330 e. The second-order valence-corrected chi connectivity index (χ2v) is 56.5. The van der Waals surface area contributed by atoms with Crippen molar-refractivity contribution in [1.29, 1.82) is 0 Å². The topological polar surface area (TPSA) is 52.0 Å². The van der Waals surface area contributed by atoms with Crippen molar-refractivity contribution in [2.75, 3.05) is 13.1 Å². The molecule has 0 saturated heterocycles. The predicted molar refractivity (Wildman–Crippen MR) is 436 cm³/mol. The van der Waals surface area contributed by atoms with Crippen LogP contribution in [0, 0.1) is 420 Å². The Morgan fingerprint density at radius 1 is 0.179 bits per heavy atom. The molecule has 36 aliphatic rings. The molecule has 112 heavy (non-hydrogen) atoms. The molecule has 0 amide bonds. The third-order valence-electron chi connectivity index (χ3n) is 57.7. The minimum atomic E-state index is 0.686. The fourth-order valence-corrected chi connectivity index (χ4v) is 61.1. The maximum absolute atomic E-state index is 6.46. The number of nitrogens with two attached hydrogens (primary N) is 2. The van der Waals surface area contributed by atoms with Crippen molar-refractivity contribution in [2.45, 2.75) is 238 Å². The van der Waals surface area contributed by atoms with Crippen LogP contribution in [0.15, 0.2) is 0 Å². The third-order valence-corrected chi connectivity index (χ3v) is 57.7. The first-order chi connectivity index (χ1) is 55.5. The molecular formula is C110H152N2. The number of hydrogen-bond acceptors (Lipinski definition) is 2. The standard InChI is InChI=1S/C110H152N2/c111-18-7-3-1-5-10-40-20-46-27-52-31-60-37-59-36-57-33-54-29-50-25-44-14-13-43-24-48-22-41-11-9-12-42-23-49-28-53-32-56-35-58-34-55-30-51-26-45-15-17-110(16-6-2-4-8-19-112)39-61-38-47(21-40)63(46)82-68(52)94-77(60)92-75(59)90-73(57)88-71(54)86-69(50)84-65(44)64(43)83-66(48)81(62(41)42)67(49)85-70(53)87-72(56)89-74(58)91-76(55)93-78(51)95-80(45)109(110)108(79(61)82)107(94)106(95)105(92)104(93)103(90)102(91)101(88)100(89)99(86)98(87)97(84)96(83)85/h40-109H,1-39,111-112H2. The van der Waals surface area contributed by atoms with Gasteiger partial charge in [-0.05, 0) is 606 Å². The highest BCUT2D eigenvalue weighted by molar-refractivity contribution is 5.39. The fraction of sp³-hybridized carbons (Fsp3) is 1.00. The summed E-state index contributed by atoms with van der Waals surface area (Å²) in [6, 6.07) is 0. The Morgan fingerprint density at radius 3 is 0.759 bits per heavy atom. The molecule has 0 aromatic heterocycles. The quantitative estimate of drug-likeness (QED) is 0.191. The van der Waals surface area contributed by atoms with Crippen LogP contribution >= 0.6 is 0 Å². The molecule has 71 unspecified atom stereocenters. The van der Waals surface area contributed by atoms with Gasteiger partial charge in [-0.25, -0.2) is 0 Å². The number of unbranched alkanes of at least 4 members (excludes halogenated alkanes) is 6. The Hall–Kier alpha value is -0.0800. The van der Waals surface area contributed by atoms with Crippen LogP contribution in [-0.4, -0.2) is 13.1 Å². The van der Waals surface area contributed by atoms with Crippen LogP contribution in [0.1, 0.15) is 238 Å². The summed E-state index contributed by atoms with van der Waals surface area (Å²) in [4.78, 5) is 0. The highest BCUT2D eigenvalue weighted by Gasteiger charge is 2.92. The van der Waals surface area contributed by atoms with Gasteiger partial charge in [0.1, 0.15) is 0 Å². The van der Waals surface area contributed by atoms with Gasteiger partial charge in [-0.15, -0.1) is 0 Å². The van der Waals surface area contributed by atoms with Crippen LogP contribution in [0.4, 0.5) is 0 Å². The van der Waals surface area contributed by atoms with Gasteiger partial charge < -0.3 is 11.5 Å². The van der Waals surface area contributed by atoms with Gasteiger partial charge in [0.25, 0.3) is 0 Å². The van der Waals surface area contributed by atoms with E-state index in [4.69, 9.17) is 11.5 Å². The molecule has 36 saturated carbocycles. The van der Waals surface area contributed by atoms with Gasteiger partial charge in [0.15, 0.2) is 0 Å². The largest absolute Gasteiger partial charge is 0.330 e. The number of rotatable bonds is 12. The first-order valence-corrected chi connectivity index (χ1v) is 54.9. The van der Waals surface area contributed by atoms with Crippen LogP contribution in [0.2, 0.25) is 0 Å². The molecule has 0 aromatic rings. The molecule has 2 heteroatoms. The lowest BCUT2D eigenvalue weighted by molar-refractivity contribution is -0.438. The van der Waals surface area contributed by atoms with Crippen LogP contribution in [0.25, 0.3) is 0 Å². The average Bonchev–Trinajstić information content (AvgIpc) is 0.617. The molecule has 0 spiro atoms. The van der Waals surface area contributed by atoms with E-state index in [1.165, 1.54) is 370 Å². The SMILES string of the molecule is NCCCCCCC1CC2CC3CC4CC5CC6CC7CC8CC9CCC%10CC%11CC%12CCCC%13CC%14CC%15CC%16CC%17CC%18CC%19CC%20CCC%21(CCCCCCN)CC%22CC(C1)C2C1C3C2C4C3C5C4C6C5C7C6C8C7C9C%10C8C%11C(C%12%13)C%14C9C%15C%10C%16C%11C%17C%12C%18C%13C%19C%14C(C3C%13C4C%12C5C%11C6C%10C7C89)C2C(C%221)C%21C%20%14. The molecule has 36 rings (SSSR count). The van der Waals surface area contributed by atoms with Gasteiger partial charge in [0.05, 0.1) is 0 Å². The second-order valence-electron chi connectivity index (χ2n) is 56.5. The van der Waals surface area contributed by atoms with Gasteiger partial charge in [0, 0.05) is 0 Å². The van der Waals surface area contributed by atoms with Gasteiger partial charge in [-0.1, -0.05) is 64.2 Å². The summed E-state index contributed by atoms with van der Waals surface area (Å²) in [6.07, 6.45) is 62.5. The summed E-state index contributed by atoms with van der Waals surface area (Å²) in [5.41, 5.74) is 13.3. The highest BCUT2D eigenvalue weighted by Crippen LogP contribution is 2.97. The molecule has 0 aromatic carbocycles. The summed E-state index contributed by atoms with van der Waals surface area (Å²) in [5, 5.41) is 0. The molecule has 36 aliphatic carbocycles. The maximum atomic E-state index is 6.46. The molecule has 4 N–H and O–H groups in total.